The van der Waals surface area contributed by atoms with Gasteiger partial charge in [-0.3, -0.25) is 10.1 Å². The first kappa shape index (κ1) is 14.9. The minimum absolute atomic E-state index is 0.00360. The van der Waals surface area contributed by atoms with Gasteiger partial charge in [-0.2, -0.15) is 5.26 Å². The van der Waals surface area contributed by atoms with Crippen LogP contribution >= 0.6 is 0 Å². The number of nitrogens with zero attached hydrogens (tertiary/aromatic N) is 5. The van der Waals surface area contributed by atoms with E-state index in [1.807, 2.05) is 4.57 Å². The molecule has 0 aliphatic carbocycles. The Morgan fingerprint density at radius 2 is 2.22 bits per heavy atom. The summed E-state index contributed by atoms with van der Waals surface area (Å²) in [5, 5.41) is 28.7. The first-order valence-electron chi connectivity index (χ1n) is 7.48. The Labute approximate surface area is 133 Å². The number of hydrogen-bond donors (Lipinski definition) is 0. The molecule has 3 rings (SSSR count). The van der Waals surface area contributed by atoms with Crippen LogP contribution in [0.2, 0.25) is 0 Å². The molecule has 0 atom stereocenters. The molecule has 116 valence electrons. The third-order valence-electron chi connectivity index (χ3n) is 3.86. The summed E-state index contributed by atoms with van der Waals surface area (Å²) in [5.74, 6) is 1.44. The maximum absolute atomic E-state index is 10.9. The predicted molar refractivity (Wildman–Crippen MR) is 84.2 cm³/mol. The van der Waals surface area contributed by atoms with E-state index in [9.17, 15) is 15.4 Å². The van der Waals surface area contributed by atoms with Gasteiger partial charge in [-0.05, 0) is 24.5 Å². The molecular weight excluding hydrogens is 294 g/mol. The number of aromatic nitrogens is 3. The monoisotopic (exact) mass is 309 g/mol. The Morgan fingerprint density at radius 3 is 3.00 bits per heavy atom. The molecule has 7 heteroatoms. The smallest absolute Gasteiger partial charge is 0.270 e. The van der Waals surface area contributed by atoms with Crippen LogP contribution in [0.3, 0.4) is 0 Å². The van der Waals surface area contributed by atoms with E-state index in [1.165, 1.54) is 12.1 Å². The molecule has 1 aromatic heterocycles. The zero-order valence-electron chi connectivity index (χ0n) is 12.5. The van der Waals surface area contributed by atoms with E-state index in [0.29, 0.717) is 17.0 Å². The second-order valence-corrected chi connectivity index (χ2v) is 5.42. The molecular formula is C16H15N5O2. The van der Waals surface area contributed by atoms with Crippen molar-refractivity contribution < 1.29 is 4.92 Å². The van der Waals surface area contributed by atoms with Crippen LogP contribution in [0.5, 0.6) is 0 Å². The van der Waals surface area contributed by atoms with Crippen molar-refractivity contribution in [3.05, 3.63) is 51.6 Å². The first-order chi connectivity index (χ1) is 11.2. The van der Waals surface area contributed by atoms with Crippen molar-refractivity contribution in [1.29, 1.82) is 5.26 Å². The molecule has 0 fully saturated rings. The van der Waals surface area contributed by atoms with Gasteiger partial charge in [-0.25, -0.2) is 0 Å². The third kappa shape index (κ3) is 3.11. The fraction of sp³-hybridized carbons (Fsp3) is 0.312. The highest BCUT2D eigenvalue weighted by molar-refractivity contribution is 5.87. The van der Waals surface area contributed by atoms with Crippen molar-refractivity contribution in [2.75, 3.05) is 0 Å². The van der Waals surface area contributed by atoms with Crippen LogP contribution in [0.4, 0.5) is 5.69 Å². The molecule has 0 amide bonds. The lowest BCUT2D eigenvalue weighted by Gasteiger charge is -2.05. The van der Waals surface area contributed by atoms with E-state index < -0.39 is 4.92 Å². The normalized spacial score (nSPS) is 14.7. The van der Waals surface area contributed by atoms with Crippen molar-refractivity contribution in [3.63, 3.8) is 0 Å². The van der Waals surface area contributed by atoms with E-state index >= 15 is 0 Å². The molecule has 7 nitrogen and oxygen atoms in total. The zero-order chi connectivity index (χ0) is 16.2. The summed E-state index contributed by atoms with van der Waals surface area (Å²) in [6, 6.07) is 8.33. The second-order valence-electron chi connectivity index (χ2n) is 5.42. The molecule has 1 aromatic carbocycles. The highest BCUT2D eigenvalue weighted by Crippen LogP contribution is 2.22. The molecule has 1 aliphatic heterocycles. The van der Waals surface area contributed by atoms with E-state index in [0.717, 1.165) is 38.1 Å². The average molecular weight is 309 g/mol. The fourth-order valence-corrected chi connectivity index (χ4v) is 2.73. The van der Waals surface area contributed by atoms with Gasteiger partial charge in [0.1, 0.15) is 11.9 Å². The third-order valence-corrected chi connectivity index (χ3v) is 3.86. The predicted octanol–water partition coefficient (Wildman–Crippen LogP) is 2.98. The highest BCUT2D eigenvalue weighted by atomic mass is 16.6. The summed E-state index contributed by atoms with van der Waals surface area (Å²) in [5.41, 5.74) is 0.962. The molecule has 23 heavy (non-hydrogen) atoms. The number of nitro benzene ring substituents is 1. The Bertz CT molecular complexity index is 816. The minimum atomic E-state index is -0.452. The SMILES string of the molecule is N#CC(=Cc1cccc([N+](=O)[O-])c1)c1nnc2n1CCCCC2. The molecule has 2 heterocycles. The molecule has 2 aromatic rings. The van der Waals surface area contributed by atoms with Crippen LogP contribution in [0.25, 0.3) is 11.6 Å². The second kappa shape index (κ2) is 6.40. The molecule has 1 aliphatic rings. The van der Waals surface area contributed by atoms with Crippen LogP contribution in [0.15, 0.2) is 24.3 Å². The van der Waals surface area contributed by atoms with Crippen molar-refractivity contribution in [3.8, 4) is 6.07 Å². The summed E-state index contributed by atoms with van der Waals surface area (Å²) in [6.07, 6.45) is 5.74. The number of rotatable bonds is 3. The van der Waals surface area contributed by atoms with Crippen LogP contribution in [0, 0.1) is 21.4 Å². The van der Waals surface area contributed by atoms with Crippen molar-refractivity contribution >= 4 is 17.3 Å². The number of aryl methyl sites for hydroxylation is 1. The molecule has 0 bridgehead atoms. The van der Waals surface area contributed by atoms with Gasteiger partial charge in [0, 0.05) is 25.1 Å². The number of allylic oxidation sites excluding steroid dienone is 1. The lowest BCUT2D eigenvalue weighted by atomic mass is 10.1. The van der Waals surface area contributed by atoms with E-state index in [1.54, 1.807) is 18.2 Å². The highest BCUT2D eigenvalue weighted by Gasteiger charge is 2.17. The summed E-state index contributed by atoms with van der Waals surface area (Å²) < 4.78 is 1.99. The van der Waals surface area contributed by atoms with Crippen LogP contribution in [0.1, 0.15) is 36.5 Å². The number of benzene rings is 1. The van der Waals surface area contributed by atoms with E-state index in [-0.39, 0.29) is 5.69 Å². The van der Waals surface area contributed by atoms with Gasteiger partial charge in [-0.15, -0.1) is 10.2 Å². The van der Waals surface area contributed by atoms with Gasteiger partial charge in [0.25, 0.3) is 5.69 Å². The van der Waals surface area contributed by atoms with Gasteiger partial charge in [0.2, 0.25) is 0 Å². The summed E-state index contributed by atoms with van der Waals surface area (Å²) in [6.45, 7) is 0.797. The number of hydrogen-bond acceptors (Lipinski definition) is 5. The Hall–Kier alpha value is -3.01. The Balaban J connectivity index is 2.00. The number of fused-ring (bicyclic) bond motifs is 1. The molecule has 0 spiro atoms. The number of nitriles is 1. The quantitative estimate of drug-likeness (QED) is 0.493. The Morgan fingerprint density at radius 1 is 1.35 bits per heavy atom. The lowest BCUT2D eigenvalue weighted by molar-refractivity contribution is -0.384. The van der Waals surface area contributed by atoms with Gasteiger partial charge in [-0.1, -0.05) is 18.6 Å². The van der Waals surface area contributed by atoms with Crippen LogP contribution < -0.4 is 0 Å². The maximum Gasteiger partial charge on any atom is 0.270 e. The zero-order valence-corrected chi connectivity index (χ0v) is 12.5. The summed E-state index contributed by atoms with van der Waals surface area (Å²) in [4.78, 5) is 10.4. The topological polar surface area (TPSA) is 97.6 Å². The fourth-order valence-electron chi connectivity index (χ4n) is 2.73. The van der Waals surface area contributed by atoms with E-state index in [2.05, 4.69) is 16.3 Å². The van der Waals surface area contributed by atoms with Crippen molar-refractivity contribution in [2.45, 2.75) is 32.2 Å². The molecule has 0 N–H and O–H groups in total. The Kier molecular flexibility index (Phi) is 4.15. The average Bonchev–Trinajstić information content (AvgIpc) is 2.81. The number of non-ortho nitro benzene ring substituents is 1. The van der Waals surface area contributed by atoms with Gasteiger partial charge >= 0.3 is 0 Å². The lowest BCUT2D eigenvalue weighted by Crippen LogP contribution is -2.05. The minimum Gasteiger partial charge on any atom is -0.310 e. The molecule has 0 saturated carbocycles. The van der Waals surface area contributed by atoms with Gasteiger partial charge in [0.05, 0.1) is 10.5 Å². The summed E-state index contributed by atoms with van der Waals surface area (Å²) >= 11 is 0. The van der Waals surface area contributed by atoms with Crippen LogP contribution in [-0.2, 0) is 13.0 Å². The molecule has 0 radical (unpaired) electrons. The first-order valence-corrected chi connectivity index (χ1v) is 7.48. The maximum atomic E-state index is 10.9. The van der Waals surface area contributed by atoms with Gasteiger partial charge in [0.15, 0.2) is 5.82 Å². The van der Waals surface area contributed by atoms with Crippen LogP contribution in [-0.4, -0.2) is 19.7 Å². The van der Waals surface area contributed by atoms with Crippen molar-refractivity contribution in [2.24, 2.45) is 0 Å². The molecule has 0 saturated heterocycles. The molecule has 0 unspecified atom stereocenters. The van der Waals surface area contributed by atoms with Crippen molar-refractivity contribution in [1.82, 2.24) is 14.8 Å². The summed E-state index contributed by atoms with van der Waals surface area (Å²) in [7, 11) is 0. The van der Waals surface area contributed by atoms with Gasteiger partial charge < -0.3 is 4.57 Å². The standard InChI is InChI=1S/C16H15N5O2/c17-11-13(9-12-5-4-6-14(10-12)21(22)23)16-19-18-15-7-2-1-3-8-20(15)16/h4-6,9-10H,1-3,7-8H2. The van der Waals surface area contributed by atoms with E-state index in [4.69, 9.17) is 0 Å². The largest absolute Gasteiger partial charge is 0.310 e. The number of nitro groups is 1.